The van der Waals surface area contributed by atoms with Gasteiger partial charge >= 0.3 is 0 Å². The van der Waals surface area contributed by atoms with E-state index < -0.39 is 0 Å². The molecule has 0 unspecified atom stereocenters. The number of likely N-dealkylation sites (tertiary alicyclic amines) is 1. The molecule has 2 fully saturated rings. The van der Waals surface area contributed by atoms with Crippen LogP contribution < -0.4 is 10.5 Å². The summed E-state index contributed by atoms with van der Waals surface area (Å²) in [6.45, 7) is 6.97. The first-order valence-electron chi connectivity index (χ1n) is 10.2. The van der Waals surface area contributed by atoms with Crippen molar-refractivity contribution in [2.45, 2.75) is 32.4 Å². The normalized spacial score (nSPS) is 19.1. The van der Waals surface area contributed by atoms with Gasteiger partial charge in [-0.3, -0.25) is 19.6 Å². The van der Waals surface area contributed by atoms with Crippen molar-refractivity contribution in [3.63, 3.8) is 0 Å². The molecule has 3 heterocycles. The average Bonchev–Trinajstić information content (AvgIpc) is 2.69. The Labute approximate surface area is 165 Å². The number of nitrogens with one attached hydrogen (secondary N) is 1. The van der Waals surface area contributed by atoms with Crippen LogP contribution in [0.15, 0.2) is 35.1 Å². The van der Waals surface area contributed by atoms with Gasteiger partial charge in [-0.05, 0) is 43.6 Å². The predicted octanol–water partition coefficient (Wildman–Crippen LogP) is 2.22. The summed E-state index contributed by atoms with van der Waals surface area (Å²) in [4.78, 5) is 26.6. The van der Waals surface area contributed by atoms with E-state index in [0.717, 1.165) is 63.6 Å². The lowest BCUT2D eigenvalue weighted by atomic mass is 10.1. The number of halogens is 1. The van der Waals surface area contributed by atoms with E-state index >= 15 is 0 Å². The maximum Gasteiger partial charge on any atom is 0.252 e. The fraction of sp³-hybridized carbons (Fsp3) is 0.524. The van der Waals surface area contributed by atoms with Crippen LogP contribution in [0, 0.1) is 5.82 Å². The van der Waals surface area contributed by atoms with Crippen molar-refractivity contribution in [3.8, 4) is 0 Å². The van der Waals surface area contributed by atoms with E-state index in [1.54, 1.807) is 18.2 Å². The van der Waals surface area contributed by atoms with Gasteiger partial charge in [0.1, 0.15) is 5.82 Å². The highest BCUT2D eigenvalue weighted by atomic mass is 19.1. The van der Waals surface area contributed by atoms with Crippen LogP contribution in [0.5, 0.6) is 0 Å². The molecule has 2 saturated heterocycles. The predicted molar refractivity (Wildman–Crippen MR) is 108 cm³/mol. The van der Waals surface area contributed by atoms with Crippen molar-refractivity contribution in [1.82, 2.24) is 19.8 Å². The zero-order valence-corrected chi connectivity index (χ0v) is 16.2. The molecule has 2 aromatic rings. The minimum Gasteiger partial charge on any atom is -0.340 e. The second kappa shape index (κ2) is 8.84. The molecule has 0 saturated carbocycles. The summed E-state index contributed by atoms with van der Waals surface area (Å²) in [5.41, 5.74) is 1.76. The molecule has 0 spiro atoms. The molecular weight excluding hydrogens is 357 g/mol. The summed E-state index contributed by atoms with van der Waals surface area (Å²) in [6.07, 6.45) is 3.75. The number of benzene rings is 1. The molecule has 0 amide bonds. The maximum absolute atomic E-state index is 13.4. The number of H-pyrrole nitrogens is 1. The van der Waals surface area contributed by atoms with E-state index in [0.29, 0.717) is 5.95 Å². The molecule has 2 aliphatic heterocycles. The van der Waals surface area contributed by atoms with Crippen molar-refractivity contribution in [2.75, 3.05) is 44.2 Å². The minimum absolute atomic E-state index is 0.0841. The van der Waals surface area contributed by atoms with Crippen molar-refractivity contribution in [1.29, 1.82) is 0 Å². The van der Waals surface area contributed by atoms with E-state index in [2.05, 4.69) is 19.7 Å². The van der Waals surface area contributed by atoms with Crippen LogP contribution >= 0.6 is 0 Å². The fourth-order valence-corrected chi connectivity index (χ4v) is 4.08. The summed E-state index contributed by atoms with van der Waals surface area (Å²) in [5.74, 6) is 0.480. The van der Waals surface area contributed by atoms with E-state index in [1.807, 2.05) is 6.07 Å². The van der Waals surface area contributed by atoms with Crippen LogP contribution in [-0.2, 0) is 13.1 Å². The molecular formula is C21H28FN5O. The Morgan fingerprint density at radius 2 is 1.68 bits per heavy atom. The summed E-state index contributed by atoms with van der Waals surface area (Å²) >= 11 is 0. The van der Waals surface area contributed by atoms with Crippen LogP contribution in [0.4, 0.5) is 10.3 Å². The molecule has 6 nitrogen and oxygen atoms in total. The van der Waals surface area contributed by atoms with Gasteiger partial charge in [0.15, 0.2) is 0 Å². The molecule has 4 rings (SSSR count). The van der Waals surface area contributed by atoms with Gasteiger partial charge in [-0.2, -0.15) is 0 Å². The SMILES string of the molecule is O=c1cc(CN2CCCCC2)nc(N2CCN(Cc3cccc(F)c3)CC2)[nH]1. The van der Waals surface area contributed by atoms with E-state index in [1.165, 1.54) is 25.3 Å². The van der Waals surface area contributed by atoms with Gasteiger partial charge in [0, 0.05) is 45.3 Å². The number of aromatic amines is 1. The molecule has 0 aliphatic carbocycles. The number of hydrogen-bond acceptors (Lipinski definition) is 5. The van der Waals surface area contributed by atoms with Crippen LogP contribution in [0.1, 0.15) is 30.5 Å². The Bertz CT molecular complexity index is 841. The van der Waals surface area contributed by atoms with Crippen LogP contribution in [0.3, 0.4) is 0 Å². The number of piperidine rings is 1. The molecule has 0 bridgehead atoms. The minimum atomic E-state index is -0.191. The van der Waals surface area contributed by atoms with Gasteiger partial charge in [0.05, 0.1) is 5.69 Å². The largest absolute Gasteiger partial charge is 0.340 e. The first-order chi connectivity index (χ1) is 13.7. The van der Waals surface area contributed by atoms with Gasteiger partial charge < -0.3 is 4.90 Å². The zero-order valence-electron chi connectivity index (χ0n) is 16.2. The van der Waals surface area contributed by atoms with Crippen LogP contribution in [0.2, 0.25) is 0 Å². The molecule has 28 heavy (non-hydrogen) atoms. The third-order valence-corrected chi connectivity index (χ3v) is 5.58. The fourth-order valence-electron chi connectivity index (χ4n) is 4.08. The molecule has 2 aliphatic rings. The second-order valence-corrected chi connectivity index (χ2v) is 7.79. The van der Waals surface area contributed by atoms with E-state index in [-0.39, 0.29) is 11.4 Å². The Morgan fingerprint density at radius 1 is 0.929 bits per heavy atom. The van der Waals surface area contributed by atoms with Crippen molar-refractivity contribution in [2.24, 2.45) is 0 Å². The molecule has 7 heteroatoms. The number of hydrogen-bond donors (Lipinski definition) is 1. The molecule has 1 aromatic heterocycles. The topological polar surface area (TPSA) is 55.5 Å². The third-order valence-electron chi connectivity index (χ3n) is 5.58. The summed E-state index contributed by atoms with van der Waals surface area (Å²) in [6, 6.07) is 8.40. The lowest BCUT2D eigenvalue weighted by Gasteiger charge is -2.35. The van der Waals surface area contributed by atoms with Crippen molar-refractivity contribution < 1.29 is 4.39 Å². The van der Waals surface area contributed by atoms with Crippen LogP contribution in [0.25, 0.3) is 0 Å². The van der Waals surface area contributed by atoms with Crippen molar-refractivity contribution in [3.05, 3.63) is 57.8 Å². The molecule has 1 aromatic carbocycles. The summed E-state index contributed by atoms with van der Waals surface area (Å²) in [7, 11) is 0. The number of nitrogens with zero attached hydrogens (tertiary/aromatic N) is 4. The monoisotopic (exact) mass is 385 g/mol. The van der Waals surface area contributed by atoms with E-state index in [4.69, 9.17) is 4.98 Å². The standard InChI is InChI=1S/C21H28FN5O/c22-18-6-4-5-17(13-18)15-26-9-11-27(12-10-26)21-23-19(14-20(28)24-21)16-25-7-2-1-3-8-25/h4-6,13-14H,1-3,7-12,15-16H2,(H,23,24,28). The van der Waals surface area contributed by atoms with Gasteiger partial charge in [-0.1, -0.05) is 18.6 Å². The summed E-state index contributed by atoms with van der Waals surface area (Å²) in [5, 5.41) is 0. The van der Waals surface area contributed by atoms with Crippen LogP contribution in [-0.4, -0.2) is 59.0 Å². The van der Waals surface area contributed by atoms with Gasteiger partial charge in [0.25, 0.3) is 5.56 Å². The number of piperazine rings is 1. The number of rotatable bonds is 5. The second-order valence-electron chi connectivity index (χ2n) is 7.79. The number of anilines is 1. The molecule has 150 valence electrons. The third kappa shape index (κ3) is 4.97. The van der Waals surface area contributed by atoms with Crippen molar-refractivity contribution >= 4 is 5.95 Å². The summed E-state index contributed by atoms with van der Waals surface area (Å²) < 4.78 is 13.4. The highest BCUT2D eigenvalue weighted by molar-refractivity contribution is 5.31. The van der Waals surface area contributed by atoms with E-state index in [9.17, 15) is 9.18 Å². The first-order valence-corrected chi connectivity index (χ1v) is 10.2. The molecule has 0 radical (unpaired) electrons. The quantitative estimate of drug-likeness (QED) is 0.855. The smallest absolute Gasteiger partial charge is 0.252 e. The Kier molecular flexibility index (Phi) is 6.02. The zero-order chi connectivity index (χ0) is 19.3. The highest BCUT2D eigenvalue weighted by Gasteiger charge is 2.20. The first kappa shape index (κ1) is 19.1. The lowest BCUT2D eigenvalue weighted by molar-refractivity contribution is 0.218. The Morgan fingerprint density at radius 3 is 2.43 bits per heavy atom. The Hall–Kier alpha value is -2.25. The Balaban J connectivity index is 1.36. The van der Waals surface area contributed by atoms with Gasteiger partial charge in [-0.25, -0.2) is 9.37 Å². The molecule has 0 atom stereocenters. The number of aromatic nitrogens is 2. The van der Waals surface area contributed by atoms with Gasteiger partial charge in [-0.15, -0.1) is 0 Å². The molecule has 1 N–H and O–H groups in total. The lowest BCUT2D eigenvalue weighted by Crippen LogP contribution is -2.47. The van der Waals surface area contributed by atoms with Gasteiger partial charge in [0.2, 0.25) is 5.95 Å². The highest BCUT2D eigenvalue weighted by Crippen LogP contribution is 2.15. The average molecular weight is 385 g/mol. The maximum atomic E-state index is 13.4.